The Morgan fingerprint density at radius 3 is 2.63 bits per heavy atom. The fraction of sp³-hybridized carbons (Fsp3) is 0.211. The van der Waals surface area contributed by atoms with Crippen LogP contribution in [0, 0.1) is 18.6 Å². The number of nitrogens with one attached hydrogen (secondary N) is 2. The molecule has 3 rings (SSSR count). The number of fused-ring (bicyclic) bond motifs is 1. The summed E-state index contributed by atoms with van der Waals surface area (Å²) in [5.74, 6) is -3.01. The van der Waals surface area contributed by atoms with Gasteiger partial charge in [0.05, 0.1) is 5.56 Å². The summed E-state index contributed by atoms with van der Waals surface area (Å²) < 4.78 is 28.5. The summed E-state index contributed by atoms with van der Waals surface area (Å²) in [6.07, 6.45) is 2.46. The smallest absolute Gasteiger partial charge is 0.272 e. The number of aryl methyl sites for hydroxylation is 1. The van der Waals surface area contributed by atoms with Crippen LogP contribution in [0.2, 0.25) is 0 Å². The Balaban J connectivity index is 2.02. The molecular weight excluding hydrogens is 354 g/mol. The monoisotopic (exact) mass is 372 g/mol. The summed E-state index contributed by atoms with van der Waals surface area (Å²) in [6, 6.07) is 6.18. The molecule has 0 atom stereocenters. The van der Waals surface area contributed by atoms with Crippen molar-refractivity contribution in [3.63, 3.8) is 0 Å². The minimum absolute atomic E-state index is 0.00271. The van der Waals surface area contributed by atoms with Crippen LogP contribution in [0.1, 0.15) is 39.8 Å². The van der Waals surface area contributed by atoms with Crippen molar-refractivity contribution in [2.24, 2.45) is 0 Å². The second-order valence-corrected chi connectivity index (χ2v) is 6.08. The Kier molecular flexibility index (Phi) is 5.16. The van der Waals surface area contributed by atoms with Gasteiger partial charge in [-0.25, -0.2) is 13.8 Å². The van der Waals surface area contributed by atoms with E-state index in [1.165, 1.54) is 0 Å². The van der Waals surface area contributed by atoms with Crippen LogP contribution in [0.4, 0.5) is 14.6 Å². The molecule has 2 amide bonds. The molecule has 2 aromatic heterocycles. The number of aromatic nitrogens is 2. The van der Waals surface area contributed by atoms with Crippen LogP contribution in [0.15, 0.2) is 36.5 Å². The first-order chi connectivity index (χ1) is 12.9. The molecule has 27 heavy (non-hydrogen) atoms. The number of hydrogen-bond acceptors (Lipinski definition) is 3. The summed E-state index contributed by atoms with van der Waals surface area (Å²) in [5.41, 5.74) is 1.14. The molecule has 2 heterocycles. The van der Waals surface area contributed by atoms with E-state index in [1.54, 1.807) is 16.7 Å². The van der Waals surface area contributed by atoms with Crippen LogP contribution in [0.5, 0.6) is 0 Å². The van der Waals surface area contributed by atoms with Gasteiger partial charge in [0.25, 0.3) is 11.8 Å². The minimum atomic E-state index is -0.996. The van der Waals surface area contributed by atoms with E-state index in [4.69, 9.17) is 0 Å². The molecule has 0 aliphatic carbocycles. The van der Waals surface area contributed by atoms with Crippen LogP contribution < -0.4 is 10.6 Å². The third kappa shape index (κ3) is 3.79. The van der Waals surface area contributed by atoms with E-state index in [1.807, 2.05) is 19.9 Å². The number of anilines is 1. The van der Waals surface area contributed by atoms with Gasteiger partial charge in [-0.2, -0.15) is 0 Å². The molecule has 0 aliphatic heterocycles. The SMILES string of the molecule is CCCNC(=O)c1c(NC(=O)c2ccc(F)cc2F)nc2ccc(C)cn12. The Morgan fingerprint density at radius 2 is 1.93 bits per heavy atom. The first-order valence-electron chi connectivity index (χ1n) is 8.44. The lowest BCUT2D eigenvalue weighted by atomic mass is 10.2. The maximum Gasteiger partial charge on any atom is 0.272 e. The summed E-state index contributed by atoms with van der Waals surface area (Å²) in [5, 5.41) is 5.20. The lowest BCUT2D eigenvalue weighted by Crippen LogP contribution is -2.27. The van der Waals surface area contributed by atoms with Gasteiger partial charge >= 0.3 is 0 Å². The van der Waals surface area contributed by atoms with Gasteiger partial charge in [0.1, 0.15) is 17.3 Å². The molecule has 8 heteroatoms. The maximum atomic E-state index is 13.9. The Bertz CT molecular complexity index is 1030. The maximum absolute atomic E-state index is 13.9. The van der Waals surface area contributed by atoms with Crippen molar-refractivity contribution in [3.05, 3.63) is 65.0 Å². The molecule has 140 valence electrons. The highest BCUT2D eigenvalue weighted by Crippen LogP contribution is 2.20. The van der Waals surface area contributed by atoms with Gasteiger partial charge in [-0.05, 0) is 37.1 Å². The number of rotatable bonds is 5. The Hall–Kier alpha value is -3.29. The molecule has 0 fully saturated rings. The zero-order valence-corrected chi connectivity index (χ0v) is 14.8. The zero-order valence-electron chi connectivity index (χ0n) is 14.8. The summed E-state index contributed by atoms with van der Waals surface area (Å²) >= 11 is 0. The average Bonchev–Trinajstić information content (AvgIpc) is 2.96. The average molecular weight is 372 g/mol. The van der Waals surface area contributed by atoms with E-state index in [0.29, 0.717) is 18.3 Å². The van der Waals surface area contributed by atoms with E-state index in [0.717, 1.165) is 24.1 Å². The van der Waals surface area contributed by atoms with Gasteiger partial charge in [-0.15, -0.1) is 0 Å². The quantitative estimate of drug-likeness (QED) is 0.721. The third-order valence-corrected chi connectivity index (χ3v) is 3.92. The van der Waals surface area contributed by atoms with Crippen molar-refractivity contribution >= 4 is 23.3 Å². The zero-order chi connectivity index (χ0) is 19.6. The van der Waals surface area contributed by atoms with E-state index < -0.39 is 23.4 Å². The second-order valence-electron chi connectivity index (χ2n) is 6.08. The fourth-order valence-electron chi connectivity index (χ4n) is 2.63. The first-order valence-corrected chi connectivity index (χ1v) is 8.44. The number of pyridine rings is 1. The van der Waals surface area contributed by atoms with Crippen molar-refractivity contribution in [2.45, 2.75) is 20.3 Å². The van der Waals surface area contributed by atoms with E-state index in [9.17, 15) is 18.4 Å². The van der Waals surface area contributed by atoms with Crippen LogP contribution in [-0.2, 0) is 0 Å². The van der Waals surface area contributed by atoms with Crippen molar-refractivity contribution in [1.82, 2.24) is 14.7 Å². The molecule has 3 aromatic rings. The largest absolute Gasteiger partial charge is 0.351 e. The van der Waals surface area contributed by atoms with Gasteiger partial charge < -0.3 is 10.6 Å². The molecule has 0 radical (unpaired) electrons. The highest BCUT2D eigenvalue weighted by molar-refractivity contribution is 6.08. The minimum Gasteiger partial charge on any atom is -0.351 e. The lowest BCUT2D eigenvalue weighted by molar-refractivity contribution is 0.0949. The van der Waals surface area contributed by atoms with E-state index >= 15 is 0 Å². The molecule has 2 N–H and O–H groups in total. The van der Waals surface area contributed by atoms with Crippen LogP contribution in [0.25, 0.3) is 5.65 Å². The van der Waals surface area contributed by atoms with Gasteiger partial charge in [0.2, 0.25) is 0 Å². The Morgan fingerprint density at radius 1 is 1.15 bits per heavy atom. The molecule has 0 aliphatic rings. The number of nitrogens with zero attached hydrogens (tertiary/aromatic N) is 2. The topological polar surface area (TPSA) is 75.5 Å². The third-order valence-electron chi connectivity index (χ3n) is 3.92. The summed E-state index contributed by atoms with van der Waals surface area (Å²) in [4.78, 5) is 29.3. The highest BCUT2D eigenvalue weighted by atomic mass is 19.1. The standard InChI is InChI=1S/C19H18F2N4O2/c1-3-8-22-19(27)16-17(23-15-7-4-11(2)10-25(15)16)24-18(26)13-6-5-12(20)9-14(13)21/h4-7,9-10H,3,8H2,1-2H3,(H,22,27)(H,24,26). The molecular formula is C19H18F2N4O2. The van der Waals surface area contributed by atoms with Crippen molar-refractivity contribution in [1.29, 1.82) is 0 Å². The van der Waals surface area contributed by atoms with Crippen LogP contribution >= 0.6 is 0 Å². The number of amides is 2. The fourth-order valence-corrected chi connectivity index (χ4v) is 2.63. The van der Waals surface area contributed by atoms with E-state index in [2.05, 4.69) is 15.6 Å². The van der Waals surface area contributed by atoms with Crippen LogP contribution in [0.3, 0.4) is 0 Å². The van der Waals surface area contributed by atoms with Gasteiger partial charge in [0, 0.05) is 18.8 Å². The van der Waals surface area contributed by atoms with Crippen molar-refractivity contribution in [2.75, 3.05) is 11.9 Å². The second kappa shape index (κ2) is 7.53. The van der Waals surface area contributed by atoms with Crippen molar-refractivity contribution < 1.29 is 18.4 Å². The molecule has 1 aromatic carbocycles. The number of carbonyl (C=O) groups is 2. The molecule has 6 nitrogen and oxygen atoms in total. The molecule has 0 bridgehead atoms. The van der Waals surface area contributed by atoms with Crippen LogP contribution in [-0.4, -0.2) is 27.7 Å². The number of carbonyl (C=O) groups excluding carboxylic acids is 2. The first kappa shape index (κ1) is 18.5. The number of imidazole rings is 1. The Labute approximate surface area is 154 Å². The normalized spacial score (nSPS) is 10.8. The summed E-state index contributed by atoms with van der Waals surface area (Å²) in [6.45, 7) is 4.23. The number of hydrogen-bond donors (Lipinski definition) is 2. The van der Waals surface area contributed by atoms with Crippen molar-refractivity contribution in [3.8, 4) is 0 Å². The van der Waals surface area contributed by atoms with E-state index in [-0.39, 0.29) is 17.1 Å². The predicted molar refractivity (Wildman–Crippen MR) is 96.9 cm³/mol. The summed E-state index contributed by atoms with van der Waals surface area (Å²) in [7, 11) is 0. The molecule has 0 unspecified atom stereocenters. The number of halogens is 2. The molecule has 0 saturated heterocycles. The van der Waals surface area contributed by atoms with Gasteiger partial charge in [-0.3, -0.25) is 14.0 Å². The van der Waals surface area contributed by atoms with Gasteiger partial charge in [-0.1, -0.05) is 13.0 Å². The highest BCUT2D eigenvalue weighted by Gasteiger charge is 2.22. The molecule has 0 spiro atoms. The number of benzene rings is 1. The lowest BCUT2D eigenvalue weighted by Gasteiger charge is -2.08. The predicted octanol–water partition coefficient (Wildman–Crippen LogP) is 3.31. The van der Waals surface area contributed by atoms with Gasteiger partial charge in [0.15, 0.2) is 11.5 Å². The molecule has 0 saturated carbocycles.